The second kappa shape index (κ2) is 13.7. The zero-order valence-electron chi connectivity index (χ0n) is 31.3. The van der Waals surface area contributed by atoms with E-state index in [-0.39, 0.29) is 0 Å². The van der Waals surface area contributed by atoms with Gasteiger partial charge in [-0.2, -0.15) is 0 Å². The Kier molecular flexibility index (Phi) is 7.89. The van der Waals surface area contributed by atoms with Gasteiger partial charge in [0.1, 0.15) is 0 Å². The van der Waals surface area contributed by atoms with Crippen LogP contribution in [0, 0.1) is 0 Å². The van der Waals surface area contributed by atoms with Gasteiger partial charge in [0, 0.05) is 16.6 Å². The predicted octanol–water partition coefficient (Wildman–Crippen LogP) is 15.9. The van der Waals surface area contributed by atoms with Crippen LogP contribution in [0.15, 0.2) is 224 Å². The molecule has 11 aromatic carbocycles. The summed E-state index contributed by atoms with van der Waals surface area (Å²) < 4.78 is 0. The lowest BCUT2D eigenvalue weighted by Crippen LogP contribution is -2.12. The van der Waals surface area contributed by atoms with Crippen molar-refractivity contribution < 1.29 is 0 Å². The maximum absolute atomic E-state index is 2.45. The first-order valence-corrected chi connectivity index (χ1v) is 19.7. The highest BCUT2D eigenvalue weighted by Crippen LogP contribution is 2.47. The smallest absolute Gasteiger partial charge is 0.0540 e. The highest BCUT2D eigenvalue weighted by Gasteiger charge is 2.21. The van der Waals surface area contributed by atoms with Crippen molar-refractivity contribution in [2.45, 2.75) is 0 Å². The van der Waals surface area contributed by atoms with Gasteiger partial charge >= 0.3 is 0 Å². The quantitative estimate of drug-likeness (QED) is 0.154. The lowest BCUT2D eigenvalue weighted by molar-refractivity contribution is 1.30. The highest BCUT2D eigenvalue weighted by atomic mass is 15.1. The average Bonchev–Trinajstić information content (AvgIpc) is 3.29. The van der Waals surface area contributed by atoms with Crippen molar-refractivity contribution >= 4 is 70.9 Å². The summed E-state index contributed by atoms with van der Waals surface area (Å²) in [5.74, 6) is 0. The number of hydrogen-bond acceptors (Lipinski definition) is 1. The van der Waals surface area contributed by atoms with Crippen molar-refractivity contribution in [1.29, 1.82) is 0 Å². The summed E-state index contributed by atoms with van der Waals surface area (Å²) >= 11 is 0. The Morgan fingerprint density at radius 3 is 1.61 bits per heavy atom. The van der Waals surface area contributed by atoms with Crippen molar-refractivity contribution in [2.75, 3.05) is 4.90 Å². The number of hydrogen-bond donors (Lipinski definition) is 0. The average molecular weight is 724 g/mol. The van der Waals surface area contributed by atoms with Gasteiger partial charge in [-0.3, -0.25) is 0 Å². The van der Waals surface area contributed by atoms with Crippen LogP contribution in [-0.2, 0) is 0 Å². The SMILES string of the molecule is c1ccc(-c2ccccc2N(c2ccc(-c3ccc4ccccc4c3)cc2)c2ccc(-c3cc4c5ccccc5ccc4c4ccccc34)c3ccccc23)cc1. The Balaban J connectivity index is 1.13. The number of rotatable bonds is 6. The lowest BCUT2D eigenvalue weighted by atomic mass is 9.88. The van der Waals surface area contributed by atoms with E-state index in [4.69, 9.17) is 0 Å². The molecule has 0 spiro atoms. The molecule has 0 unspecified atom stereocenters. The molecule has 1 heteroatoms. The molecular formula is C56H37N. The molecular weight excluding hydrogens is 687 g/mol. The summed E-state index contributed by atoms with van der Waals surface area (Å²) in [6.07, 6.45) is 0. The van der Waals surface area contributed by atoms with Crippen LogP contribution < -0.4 is 4.90 Å². The summed E-state index contributed by atoms with van der Waals surface area (Å²) in [6, 6.07) is 82.1. The Labute approximate surface area is 332 Å². The monoisotopic (exact) mass is 723 g/mol. The van der Waals surface area contributed by atoms with E-state index in [1.807, 2.05) is 0 Å². The third-order valence-electron chi connectivity index (χ3n) is 11.6. The zero-order valence-corrected chi connectivity index (χ0v) is 31.3. The number of para-hydroxylation sites is 1. The van der Waals surface area contributed by atoms with Crippen molar-refractivity contribution in [3.63, 3.8) is 0 Å². The van der Waals surface area contributed by atoms with Crippen molar-refractivity contribution in [2.24, 2.45) is 0 Å². The van der Waals surface area contributed by atoms with Gasteiger partial charge in [0.15, 0.2) is 0 Å². The van der Waals surface area contributed by atoms with Crippen LogP contribution in [0.2, 0.25) is 0 Å². The van der Waals surface area contributed by atoms with Crippen LogP contribution >= 0.6 is 0 Å². The molecule has 0 bridgehead atoms. The Morgan fingerprint density at radius 2 is 0.807 bits per heavy atom. The second-order valence-electron chi connectivity index (χ2n) is 14.9. The summed E-state index contributed by atoms with van der Waals surface area (Å²) in [4.78, 5) is 2.45. The topological polar surface area (TPSA) is 3.24 Å². The molecule has 0 heterocycles. The summed E-state index contributed by atoms with van der Waals surface area (Å²) in [6.45, 7) is 0. The summed E-state index contributed by atoms with van der Waals surface area (Å²) in [7, 11) is 0. The van der Waals surface area contributed by atoms with Gasteiger partial charge in [-0.15, -0.1) is 0 Å². The van der Waals surface area contributed by atoms with E-state index >= 15 is 0 Å². The Morgan fingerprint density at radius 1 is 0.228 bits per heavy atom. The first-order valence-electron chi connectivity index (χ1n) is 19.7. The van der Waals surface area contributed by atoms with E-state index in [0.717, 1.165) is 17.1 Å². The number of fused-ring (bicyclic) bond motifs is 7. The van der Waals surface area contributed by atoms with Gasteiger partial charge in [0.2, 0.25) is 0 Å². The van der Waals surface area contributed by atoms with Gasteiger partial charge in [0.05, 0.1) is 11.4 Å². The van der Waals surface area contributed by atoms with Crippen LogP contribution in [0.25, 0.3) is 87.2 Å². The largest absolute Gasteiger partial charge is 0.309 e. The van der Waals surface area contributed by atoms with Gasteiger partial charge in [-0.25, -0.2) is 0 Å². The molecule has 0 radical (unpaired) electrons. The number of benzene rings is 11. The van der Waals surface area contributed by atoms with E-state index < -0.39 is 0 Å². The van der Waals surface area contributed by atoms with Gasteiger partial charge in [0.25, 0.3) is 0 Å². The third-order valence-corrected chi connectivity index (χ3v) is 11.6. The minimum absolute atomic E-state index is 1.10. The Bertz CT molecular complexity index is 3290. The van der Waals surface area contributed by atoms with Crippen LogP contribution in [0.1, 0.15) is 0 Å². The molecule has 1 nitrogen and oxygen atoms in total. The molecule has 0 aliphatic carbocycles. The first-order chi connectivity index (χ1) is 28.3. The fraction of sp³-hybridized carbons (Fsp3) is 0. The van der Waals surface area contributed by atoms with Crippen molar-refractivity contribution in [3.05, 3.63) is 224 Å². The van der Waals surface area contributed by atoms with Gasteiger partial charge in [-0.05, 0) is 113 Å². The highest BCUT2D eigenvalue weighted by molar-refractivity contribution is 6.22. The predicted molar refractivity (Wildman–Crippen MR) is 245 cm³/mol. The summed E-state index contributed by atoms with van der Waals surface area (Å²) in [5, 5.41) is 12.5. The van der Waals surface area contributed by atoms with Crippen LogP contribution in [-0.4, -0.2) is 0 Å². The molecule has 0 saturated heterocycles. The normalized spacial score (nSPS) is 11.5. The van der Waals surface area contributed by atoms with E-state index in [1.165, 1.54) is 87.2 Å². The molecule has 0 saturated carbocycles. The van der Waals surface area contributed by atoms with Gasteiger partial charge in [-0.1, -0.05) is 188 Å². The van der Waals surface area contributed by atoms with Crippen LogP contribution in [0.3, 0.4) is 0 Å². The van der Waals surface area contributed by atoms with Crippen molar-refractivity contribution in [1.82, 2.24) is 0 Å². The van der Waals surface area contributed by atoms with Gasteiger partial charge < -0.3 is 4.90 Å². The minimum atomic E-state index is 1.10. The standard InChI is InChI=1S/C56H37N/c1-2-15-40(16-3-1)46-20-12-13-25-55(46)57(44-31-28-39(29-32-44)43-27-26-38-14-4-5-18-42(38)36-43)56-35-34-51(48-22-10-11-24-52(48)56)54-37-53-45-19-7-6-17-41(45)30-33-50(53)47-21-8-9-23-49(47)54/h1-37H. The lowest BCUT2D eigenvalue weighted by Gasteiger charge is -2.30. The van der Waals surface area contributed by atoms with Crippen LogP contribution in [0.5, 0.6) is 0 Å². The molecule has 266 valence electrons. The zero-order chi connectivity index (χ0) is 37.7. The van der Waals surface area contributed by atoms with E-state index in [2.05, 4.69) is 229 Å². The molecule has 0 amide bonds. The molecule has 0 atom stereocenters. The number of nitrogens with zero attached hydrogens (tertiary/aromatic N) is 1. The molecule has 0 aliphatic heterocycles. The maximum atomic E-state index is 2.45. The molecule has 0 fully saturated rings. The van der Waals surface area contributed by atoms with E-state index in [9.17, 15) is 0 Å². The minimum Gasteiger partial charge on any atom is -0.309 e. The first kappa shape index (κ1) is 32.9. The Hall–Kier alpha value is -7.48. The van der Waals surface area contributed by atoms with E-state index in [1.54, 1.807) is 0 Å². The molecule has 0 aromatic heterocycles. The second-order valence-corrected chi connectivity index (χ2v) is 14.9. The molecule has 57 heavy (non-hydrogen) atoms. The molecule has 0 aliphatic rings. The van der Waals surface area contributed by atoms with Crippen LogP contribution in [0.4, 0.5) is 17.1 Å². The third kappa shape index (κ3) is 5.63. The fourth-order valence-corrected chi connectivity index (χ4v) is 8.91. The molecule has 0 N–H and O–H groups in total. The maximum Gasteiger partial charge on any atom is 0.0540 e. The molecule has 11 rings (SSSR count). The number of anilines is 3. The summed E-state index contributed by atoms with van der Waals surface area (Å²) in [5.41, 5.74) is 10.6. The van der Waals surface area contributed by atoms with E-state index in [0.29, 0.717) is 0 Å². The fourth-order valence-electron chi connectivity index (χ4n) is 8.91. The van der Waals surface area contributed by atoms with Crippen molar-refractivity contribution in [3.8, 4) is 33.4 Å². The molecule has 11 aromatic rings.